The quantitative estimate of drug-likeness (QED) is 0.270. The third-order valence-corrected chi connectivity index (χ3v) is 6.13. The number of Topliss-reactive ketones (excluding diaryl/α,β-unsaturated/α-hetero) is 1. The van der Waals surface area contributed by atoms with Crippen molar-refractivity contribution in [2.75, 3.05) is 0 Å². The van der Waals surface area contributed by atoms with Crippen LogP contribution >= 0.6 is 11.6 Å². The highest BCUT2D eigenvalue weighted by molar-refractivity contribution is 6.32. The lowest BCUT2D eigenvalue weighted by molar-refractivity contribution is -0.117. The molecule has 0 bridgehead atoms. The minimum Gasteiger partial charge on any atom is -0.299 e. The van der Waals surface area contributed by atoms with E-state index in [0.717, 1.165) is 11.6 Å². The normalized spacial score (nSPS) is 11.5. The fourth-order valence-electron chi connectivity index (χ4n) is 3.87. The first-order chi connectivity index (χ1) is 17.2. The van der Waals surface area contributed by atoms with Gasteiger partial charge in [-0.05, 0) is 29.3 Å². The number of rotatable bonds is 8. The second-order valence-corrected chi connectivity index (χ2v) is 8.79. The van der Waals surface area contributed by atoms with Crippen molar-refractivity contribution >= 4 is 17.4 Å². The minimum atomic E-state index is -2.88. The molecule has 4 aromatic rings. The summed E-state index contributed by atoms with van der Waals surface area (Å²) >= 11 is 6.18. The zero-order chi connectivity index (χ0) is 25.9. The van der Waals surface area contributed by atoms with Gasteiger partial charge in [-0.25, -0.2) is 18.2 Å². The van der Waals surface area contributed by atoms with Crippen molar-refractivity contribution in [3.8, 4) is 17.1 Å². The molecule has 8 heteroatoms. The highest BCUT2D eigenvalue weighted by atomic mass is 35.5. The summed E-state index contributed by atoms with van der Waals surface area (Å²) in [5.41, 5.74) is 1.88. The first-order valence-corrected chi connectivity index (χ1v) is 11.7. The smallest absolute Gasteiger partial charge is 0.273 e. The first kappa shape index (κ1) is 25.4. The molecule has 1 heterocycles. The average Bonchev–Trinajstić information content (AvgIpc) is 2.85. The van der Waals surface area contributed by atoms with Crippen LogP contribution in [0.3, 0.4) is 0 Å². The number of aromatic nitrogens is 2. The molecule has 0 fully saturated rings. The van der Waals surface area contributed by atoms with E-state index in [1.54, 1.807) is 36.4 Å². The number of carbonyl (C=O) groups excluding carboxylic acids is 1. The van der Waals surface area contributed by atoms with E-state index < -0.39 is 11.7 Å². The van der Waals surface area contributed by atoms with Crippen LogP contribution in [0.2, 0.25) is 5.02 Å². The first-order valence-electron chi connectivity index (χ1n) is 11.3. The van der Waals surface area contributed by atoms with Gasteiger partial charge in [-0.3, -0.25) is 14.2 Å². The van der Waals surface area contributed by atoms with Crippen LogP contribution in [0.1, 0.15) is 30.0 Å². The Morgan fingerprint density at radius 3 is 2.14 bits per heavy atom. The summed E-state index contributed by atoms with van der Waals surface area (Å²) in [6.07, 6.45) is 1.38. The summed E-state index contributed by atoms with van der Waals surface area (Å²) in [5.74, 6) is -3.15. The lowest BCUT2D eigenvalue weighted by Gasteiger charge is -2.14. The Morgan fingerprint density at radius 2 is 1.56 bits per heavy atom. The number of carbonyl (C=O) groups is 1. The third kappa shape index (κ3) is 5.57. The van der Waals surface area contributed by atoms with Crippen LogP contribution in [0.4, 0.5) is 13.2 Å². The van der Waals surface area contributed by atoms with Gasteiger partial charge in [-0.2, -0.15) is 0 Å². The fourth-order valence-corrected chi connectivity index (χ4v) is 4.12. The Bertz CT molecular complexity index is 1450. The summed E-state index contributed by atoms with van der Waals surface area (Å²) in [5, 5.41) is 0.0695. The van der Waals surface area contributed by atoms with Gasteiger partial charge >= 0.3 is 0 Å². The van der Waals surface area contributed by atoms with Gasteiger partial charge in [-0.15, -0.1) is 0 Å². The van der Waals surface area contributed by atoms with E-state index in [-0.39, 0.29) is 41.2 Å². The summed E-state index contributed by atoms with van der Waals surface area (Å²) in [6, 6.07) is 17.9. The Balaban J connectivity index is 1.51. The van der Waals surface area contributed by atoms with Crippen molar-refractivity contribution in [3.05, 3.63) is 117 Å². The molecule has 0 saturated carbocycles. The molecule has 0 aliphatic carbocycles. The van der Waals surface area contributed by atoms with E-state index in [1.807, 2.05) is 0 Å². The van der Waals surface area contributed by atoms with Crippen LogP contribution in [0.25, 0.3) is 17.1 Å². The Hall–Kier alpha value is -3.71. The van der Waals surface area contributed by atoms with E-state index in [0.29, 0.717) is 22.6 Å². The molecular weight excluding hydrogens is 489 g/mol. The maximum absolute atomic E-state index is 13.8. The van der Waals surface area contributed by atoms with Gasteiger partial charge in [0.25, 0.3) is 11.5 Å². The highest BCUT2D eigenvalue weighted by Crippen LogP contribution is 2.31. The van der Waals surface area contributed by atoms with Crippen molar-refractivity contribution in [3.63, 3.8) is 0 Å². The van der Waals surface area contributed by atoms with Crippen LogP contribution in [0.5, 0.6) is 0 Å². The van der Waals surface area contributed by atoms with Crippen LogP contribution in [-0.2, 0) is 23.6 Å². The topological polar surface area (TPSA) is 52.0 Å². The van der Waals surface area contributed by atoms with E-state index >= 15 is 0 Å². The molecule has 1 aromatic heterocycles. The number of hydrogen-bond acceptors (Lipinski definition) is 3. The molecule has 0 radical (unpaired) electrons. The van der Waals surface area contributed by atoms with E-state index in [9.17, 15) is 22.8 Å². The molecule has 4 rings (SSSR count). The Labute approximate surface area is 211 Å². The summed E-state index contributed by atoms with van der Waals surface area (Å²) < 4.78 is 42.4. The van der Waals surface area contributed by atoms with Gasteiger partial charge in [0.1, 0.15) is 17.4 Å². The molecule has 0 atom stereocenters. The molecule has 184 valence electrons. The van der Waals surface area contributed by atoms with Crippen molar-refractivity contribution in [2.24, 2.45) is 0 Å². The van der Waals surface area contributed by atoms with E-state index in [1.165, 1.54) is 48.0 Å². The van der Waals surface area contributed by atoms with Gasteiger partial charge < -0.3 is 0 Å². The Morgan fingerprint density at radius 1 is 0.944 bits per heavy atom. The average molecular weight is 511 g/mol. The molecule has 4 nitrogen and oxygen atoms in total. The number of halogens is 4. The summed E-state index contributed by atoms with van der Waals surface area (Å²) in [4.78, 5) is 29.5. The van der Waals surface area contributed by atoms with E-state index in [2.05, 4.69) is 4.98 Å². The monoisotopic (exact) mass is 510 g/mol. The number of ketones is 1. The SMILES string of the molecule is CCC(F)(F)c1ccc(CC(=O)Cc2ccc(-c3nccc(=O)n3-c3ccc(F)cc3Cl)cc2)cc1. The molecule has 0 N–H and O–H groups in total. The van der Waals surface area contributed by atoms with Crippen LogP contribution in [-0.4, -0.2) is 15.3 Å². The molecule has 0 unspecified atom stereocenters. The fraction of sp³-hybridized carbons (Fsp3) is 0.179. The lowest BCUT2D eigenvalue weighted by Crippen LogP contribution is -2.20. The highest BCUT2D eigenvalue weighted by Gasteiger charge is 2.28. The molecule has 0 aliphatic heterocycles. The van der Waals surface area contributed by atoms with Crippen molar-refractivity contribution in [2.45, 2.75) is 32.1 Å². The van der Waals surface area contributed by atoms with E-state index in [4.69, 9.17) is 11.6 Å². The second kappa shape index (κ2) is 10.5. The third-order valence-electron chi connectivity index (χ3n) is 5.83. The number of hydrogen-bond donors (Lipinski definition) is 0. The summed E-state index contributed by atoms with van der Waals surface area (Å²) in [6.45, 7) is 1.42. The second-order valence-electron chi connectivity index (χ2n) is 8.38. The van der Waals surface area contributed by atoms with Crippen LogP contribution in [0, 0.1) is 5.82 Å². The van der Waals surface area contributed by atoms with Gasteiger partial charge in [0, 0.05) is 42.7 Å². The number of nitrogens with zero attached hydrogens (tertiary/aromatic N) is 2. The van der Waals surface area contributed by atoms with Gasteiger partial charge in [0.2, 0.25) is 0 Å². The molecule has 0 aliphatic rings. The molecule has 36 heavy (non-hydrogen) atoms. The predicted molar refractivity (Wildman–Crippen MR) is 133 cm³/mol. The molecular formula is C28H22ClF3N2O2. The predicted octanol–water partition coefficient (Wildman–Crippen LogP) is 6.55. The van der Waals surface area contributed by atoms with Crippen LogP contribution < -0.4 is 5.56 Å². The summed E-state index contributed by atoms with van der Waals surface area (Å²) in [7, 11) is 0. The zero-order valence-corrected chi connectivity index (χ0v) is 20.1. The zero-order valence-electron chi connectivity index (χ0n) is 19.3. The largest absolute Gasteiger partial charge is 0.299 e. The lowest BCUT2D eigenvalue weighted by atomic mass is 9.99. The number of benzene rings is 3. The van der Waals surface area contributed by atoms with Gasteiger partial charge in [0.05, 0.1) is 10.7 Å². The minimum absolute atomic E-state index is 0.0632. The van der Waals surface area contributed by atoms with Crippen LogP contribution in [0.15, 0.2) is 83.8 Å². The molecule has 3 aromatic carbocycles. The van der Waals surface area contributed by atoms with Crippen molar-refractivity contribution < 1.29 is 18.0 Å². The molecule has 0 amide bonds. The number of alkyl halides is 2. The van der Waals surface area contributed by atoms with Gasteiger partial charge in [-0.1, -0.05) is 67.1 Å². The molecule has 0 spiro atoms. The molecule has 0 saturated heterocycles. The standard InChI is InChI=1S/C28H22ClF3N2O2/c1-2-28(31,32)21-9-5-19(6-10-21)16-23(35)15-18-3-7-20(8-4-18)27-33-14-13-26(36)34(27)25-12-11-22(30)17-24(25)29/h3-14,17H,2,15-16H2,1H3. The maximum atomic E-state index is 13.8. The van der Waals surface area contributed by atoms with Gasteiger partial charge in [0.15, 0.2) is 0 Å². The van der Waals surface area contributed by atoms with Crippen molar-refractivity contribution in [1.29, 1.82) is 0 Å². The maximum Gasteiger partial charge on any atom is 0.273 e. The van der Waals surface area contributed by atoms with Crippen molar-refractivity contribution in [1.82, 2.24) is 9.55 Å². The Kier molecular flexibility index (Phi) is 7.40.